The third-order valence-corrected chi connectivity index (χ3v) is 3.64. The topological polar surface area (TPSA) is 46.5 Å². The predicted molar refractivity (Wildman–Crippen MR) is 69.9 cm³/mol. The number of aliphatic carboxylic acids is 1. The van der Waals surface area contributed by atoms with Crippen LogP contribution in [-0.2, 0) is 14.9 Å². The fourth-order valence-electron chi connectivity index (χ4n) is 2.39. The van der Waals surface area contributed by atoms with Crippen molar-refractivity contribution in [1.82, 2.24) is 0 Å². The number of rotatable bonds is 3. The van der Waals surface area contributed by atoms with Crippen molar-refractivity contribution in [3.63, 3.8) is 0 Å². The van der Waals surface area contributed by atoms with Crippen molar-refractivity contribution in [3.05, 3.63) is 46.5 Å². The van der Waals surface area contributed by atoms with E-state index in [0.29, 0.717) is 13.2 Å². The summed E-state index contributed by atoms with van der Waals surface area (Å²) < 4.78 is 5.31. The van der Waals surface area contributed by atoms with Crippen LogP contribution in [0.15, 0.2) is 24.3 Å². The number of aryl methyl sites for hydroxylation is 3. The lowest BCUT2D eigenvalue weighted by atomic mass is 9.75. The molecule has 96 valence electrons. The first kappa shape index (κ1) is 12.8. The number of hydrogen-bond donors (Lipinski definition) is 1. The molecule has 0 aromatic heterocycles. The molecule has 1 aromatic carbocycles. The molecule has 3 heteroatoms. The molecule has 0 spiro atoms. The van der Waals surface area contributed by atoms with E-state index in [2.05, 4.69) is 32.9 Å². The van der Waals surface area contributed by atoms with Gasteiger partial charge in [-0.2, -0.15) is 0 Å². The van der Waals surface area contributed by atoms with Crippen molar-refractivity contribution in [2.24, 2.45) is 0 Å². The highest BCUT2D eigenvalue weighted by Crippen LogP contribution is 2.37. The van der Waals surface area contributed by atoms with Crippen molar-refractivity contribution in [2.45, 2.75) is 26.2 Å². The van der Waals surface area contributed by atoms with E-state index in [4.69, 9.17) is 9.84 Å². The fraction of sp³-hybridized carbons (Fsp3) is 0.400. The predicted octanol–water partition coefficient (Wildman–Crippen LogP) is 2.52. The standard InChI is InChI=1S/C15H18O3/c1-10-6-12(3)13(7-11(10)2)15(8-18-9-15)5-4-14(16)17/h4-7H,8-9H2,1-3H3,(H,16,17)/b5-4+. The maximum atomic E-state index is 10.7. The number of carboxylic acid groups (broad SMARTS) is 1. The van der Waals surface area contributed by atoms with Crippen molar-refractivity contribution < 1.29 is 14.6 Å². The lowest BCUT2D eigenvalue weighted by Gasteiger charge is -2.40. The molecule has 0 atom stereocenters. The summed E-state index contributed by atoms with van der Waals surface area (Å²) in [7, 11) is 0. The Bertz CT molecular complexity index is 511. The van der Waals surface area contributed by atoms with Gasteiger partial charge >= 0.3 is 5.97 Å². The van der Waals surface area contributed by atoms with Crippen LogP contribution in [0.4, 0.5) is 0 Å². The van der Waals surface area contributed by atoms with Crippen LogP contribution in [0.5, 0.6) is 0 Å². The Hall–Kier alpha value is -1.61. The molecule has 1 fully saturated rings. The molecule has 1 aliphatic rings. The Labute approximate surface area is 107 Å². The maximum absolute atomic E-state index is 10.7. The fourth-order valence-corrected chi connectivity index (χ4v) is 2.39. The van der Waals surface area contributed by atoms with Crippen molar-refractivity contribution in [3.8, 4) is 0 Å². The van der Waals surface area contributed by atoms with Crippen molar-refractivity contribution >= 4 is 5.97 Å². The normalized spacial score (nSPS) is 17.7. The summed E-state index contributed by atoms with van der Waals surface area (Å²) in [6.45, 7) is 7.34. The van der Waals surface area contributed by atoms with Gasteiger partial charge in [0.25, 0.3) is 0 Å². The Balaban J connectivity index is 2.45. The molecular weight excluding hydrogens is 228 g/mol. The minimum absolute atomic E-state index is 0.263. The molecule has 0 bridgehead atoms. The molecule has 1 aliphatic heterocycles. The van der Waals surface area contributed by atoms with E-state index < -0.39 is 5.97 Å². The van der Waals surface area contributed by atoms with Gasteiger partial charge in [-0.3, -0.25) is 0 Å². The summed E-state index contributed by atoms with van der Waals surface area (Å²) in [6.07, 6.45) is 2.98. The monoisotopic (exact) mass is 246 g/mol. The lowest BCUT2D eigenvalue weighted by molar-refractivity contribution is -0.131. The van der Waals surface area contributed by atoms with Gasteiger partial charge in [-0.25, -0.2) is 4.79 Å². The van der Waals surface area contributed by atoms with Crippen LogP contribution >= 0.6 is 0 Å². The van der Waals surface area contributed by atoms with Gasteiger partial charge < -0.3 is 9.84 Å². The summed E-state index contributed by atoms with van der Waals surface area (Å²) in [5, 5.41) is 8.78. The Kier molecular flexibility index (Phi) is 3.26. The van der Waals surface area contributed by atoms with Crippen LogP contribution in [-0.4, -0.2) is 24.3 Å². The van der Waals surface area contributed by atoms with Gasteiger partial charge in [0.15, 0.2) is 0 Å². The molecule has 2 rings (SSSR count). The van der Waals surface area contributed by atoms with Crippen LogP contribution in [0.25, 0.3) is 0 Å². The molecule has 0 aliphatic carbocycles. The molecule has 0 saturated carbocycles. The van der Waals surface area contributed by atoms with E-state index in [1.807, 2.05) is 0 Å². The van der Waals surface area contributed by atoms with Crippen LogP contribution in [0, 0.1) is 20.8 Å². The number of carbonyl (C=O) groups is 1. The molecule has 18 heavy (non-hydrogen) atoms. The molecule has 1 heterocycles. The summed E-state index contributed by atoms with van der Waals surface area (Å²) in [5.41, 5.74) is 4.59. The van der Waals surface area contributed by atoms with Gasteiger partial charge in [0.2, 0.25) is 0 Å². The minimum Gasteiger partial charge on any atom is -0.478 e. The van der Waals surface area contributed by atoms with Crippen LogP contribution in [0.3, 0.4) is 0 Å². The van der Waals surface area contributed by atoms with Gasteiger partial charge in [0, 0.05) is 6.08 Å². The highest BCUT2D eigenvalue weighted by atomic mass is 16.5. The van der Waals surface area contributed by atoms with Crippen molar-refractivity contribution in [2.75, 3.05) is 13.2 Å². The second kappa shape index (κ2) is 4.58. The zero-order valence-corrected chi connectivity index (χ0v) is 11.0. The quantitative estimate of drug-likeness (QED) is 0.834. The number of ether oxygens (including phenoxy) is 1. The highest BCUT2D eigenvalue weighted by Gasteiger charge is 2.39. The number of carboxylic acids is 1. The zero-order chi connectivity index (χ0) is 13.3. The van der Waals surface area contributed by atoms with E-state index in [1.54, 1.807) is 6.08 Å². The van der Waals surface area contributed by atoms with E-state index in [-0.39, 0.29) is 5.41 Å². The Morgan fingerprint density at radius 2 is 1.83 bits per heavy atom. The SMILES string of the molecule is Cc1cc(C)c(C2(/C=C/C(=O)O)COC2)cc1C. The first-order chi connectivity index (χ1) is 8.44. The van der Waals surface area contributed by atoms with Gasteiger partial charge in [-0.15, -0.1) is 0 Å². The Morgan fingerprint density at radius 1 is 1.22 bits per heavy atom. The third-order valence-electron chi connectivity index (χ3n) is 3.64. The summed E-state index contributed by atoms with van der Waals surface area (Å²) in [4.78, 5) is 10.7. The smallest absolute Gasteiger partial charge is 0.328 e. The average Bonchev–Trinajstić information content (AvgIpc) is 2.23. The van der Waals surface area contributed by atoms with Gasteiger partial charge in [0.1, 0.15) is 0 Å². The minimum atomic E-state index is -0.914. The molecule has 0 unspecified atom stereocenters. The third kappa shape index (κ3) is 2.18. The summed E-state index contributed by atoms with van der Waals surface area (Å²) >= 11 is 0. The summed E-state index contributed by atoms with van der Waals surface area (Å²) in [6, 6.07) is 4.30. The largest absolute Gasteiger partial charge is 0.478 e. The highest BCUT2D eigenvalue weighted by molar-refractivity contribution is 5.80. The van der Waals surface area contributed by atoms with Crippen molar-refractivity contribution in [1.29, 1.82) is 0 Å². The summed E-state index contributed by atoms with van der Waals surface area (Å²) in [5.74, 6) is -0.914. The lowest BCUT2D eigenvalue weighted by Crippen LogP contribution is -2.45. The molecule has 0 radical (unpaired) electrons. The zero-order valence-electron chi connectivity index (χ0n) is 11.0. The van der Waals surface area contributed by atoms with E-state index >= 15 is 0 Å². The van der Waals surface area contributed by atoms with E-state index in [9.17, 15) is 4.79 Å². The first-order valence-electron chi connectivity index (χ1n) is 6.03. The van der Waals surface area contributed by atoms with Crippen LogP contribution < -0.4 is 0 Å². The molecule has 1 saturated heterocycles. The first-order valence-corrected chi connectivity index (χ1v) is 6.03. The maximum Gasteiger partial charge on any atom is 0.328 e. The van der Waals surface area contributed by atoms with Gasteiger partial charge in [0.05, 0.1) is 18.6 Å². The number of benzene rings is 1. The van der Waals surface area contributed by atoms with Gasteiger partial charge in [-0.05, 0) is 43.0 Å². The second-order valence-corrected chi connectivity index (χ2v) is 5.07. The molecular formula is C15H18O3. The van der Waals surface area contributed by atoms with Crippen LogP contribution in [0.1, 0.15) is 22.3 Å². The second-order valence-electron chi connectivity index (χ2n) is 5.07. The van der Waals surface area contributed by atoms with E-state index in [0.717, 1.165) is 0 Å². The van der Waals surface area contributed by atoms with Crippen LogP contribution in [0.2, 0.25) is 0 Å². The molecule has 1 aromatic rings. The Morgan fingerprint density at radius 3 is 2.33 bits per heavy atom. The van der Waals surface area contributed by atoms with E-state index in [1.165, 1.54) is 28.3 Å². The molecule has 0 amide bonds. The average molecular weight is 246 g/mol. The number of hydrogen-bond acceptors (Lipinski definition) is 2. The molecule has 1 N–H and O–H groups in total. The van der Waals surface area contributed by atoms with Gasteiger partial charge in [-0.1, -0.05) is 18.2 Å². The molecule has 3 nitrogen and oxygen atoms in total.